The SMILES string of the molecule is CC(C)[C@@H]1CN(C2(C(=O)N3CCC(O)C3)Cc3ccc(NC(=O)[C@@H](NC(=O)c4ccnn4C)C4CCCCC4)cc3C2)C(=O)N1. The molecule has 6 rings (SSSR count). The summed E-state index contributed by atoms with van der Waals surface area (Å²) in [5.74, 6) is -0.526. The Morgan fingerprint density at radius 2 is 1.80 bits per heavy atom. The number of nitrogens with zero attached hydrogens (tertiary/aromatic N) is 4. The Morgan fingerprint density at radius 1 is 1.04 bits per heavy atom. The van der Waals surface area contributed by atoms with E-state index in [-0.39, 0.29) is 48.2 Å². The molecule has 1 aromatic carbocycles. The quantitative estimate of drug-likeness (QED) is 0.356. The lowest BCUT2D eigenvalue weighted by molar-refractivity contribution is -0.141. The summed E-state index contributed by atoms with van der Waals surface area (Å²) in [7, 11) is 1.69. The van der Waals surface area contributed by atoms with Crippen LogP contribution < -0.4 is 16.0 Å². The average Bonchev–Trinajstić information content (AvgIpc) is 3.82. The number of aryl methyl sites for hydroxylation is 1. The van der Waals surface area contributed by atoms with E-state index in [0.717, 1.165) is 43.2 Å². The summed E-state index contributed by atoms with van der Waals surface area (Å²) in [6, 6.07) is 6.27. The summed E-state index contributed by atoms with van der Waals surface area (Å²) in [5, 5.41) is 23.4. The zero-order valence-electron chi connectivity index (χ0n) is 26.4. The summed E-state index contributed by atoms with van der Waals surface area (Å²) in [4.78, 5) is 57.9. The Hall–Kier alpha value is -3.93. The number of amides is 5. The fourth-order valence-corrected chi connectivity index (χ4v) is 7.62. The maximum atomic E-state index is 14.2. The molecular formula is C33H45N7O5. The number of benzene rings is 1. The second kappa shape index (κ2) is 12.5. The van der Waals surface area contributed by atoms with Crippen LogP contribution in [0.3, 0.4) is 0 Å². The van der Waals surface area contributed by atoms with Gasteiger partial charge in [-0.15, -0.1) is 0 Å². The van der Waals surface area contributed by atoms with E-state index in [1.165, 1.54) is 4.68 Å². The fraction of sp³-hybridized carbons (Fsp3) is 0.606. The minimum Gasteiger partial charge on any atom is -0.391 e. The van der Waals surface area contributed by atoms with Crippen molar-refractivity contribution in [2.75, 3.05) is 25.0 Å². The number of hydrogen-bond donors (Lipinski definition) is 4. The van der Waals surface area contributed by atoms with E-state index in [1.54, 1.807) is 29.1 Å². The van der Waals surface area contributed by atoms with Gasteiger partial charge in [-0.05, 0) is 60.4 Å². The minimum absolute atomic E-state index is 0.0222. The highest BCUT2D eigenvalue weighted by molar-refractivity contribution is 6.01. The summed E-state index contributed by atoms with van der Waals surface area (Å²) in [6.45, 7) is 5.25. The van der Waals surface area contributed by atoms with Gasteiger partial charge in [0.15, 0.2) is 0 Å². The molecule has 0 radical (unpaired) electrons. The average molecular weight is 620 g/mol. The Kier molecular flexibility index (Phi) is 8.60. The highest BCUT2D eigenvalue weighted by Crippen LogP contribution is 2.40. The van der Waals surface area contributed by atoms with Crippen molar-refractivity contribution in [3.05, 3.63) is 47.3 Å². The monoisotopic (exact) mass is 619 g/mol. The maximum Gasteiger partial charge on any atom is 0.318 e. The summed E-state index contributed by atoms with van der Waals surface area (Å²) in [6.07, 6.45) is 7.06. The molecule has 12 heteroatoms. The van der Waals surface area contributed by atoms with E-state index in [0.29, 0.717) is 43.7 Å². The number of carbonyl (C=O) groups is 4. The van der Waals surface area contributed by atoms with Crippen molar-refractivity contribution in [3.8, 4) is 0 Å². The van der Waals surface area contributed by atoms with Crippen LogP contribution in [0.25, 0.3) is 0 Å². The summed E-state index contributed by atoms with van der Waals surface area (Å²) >= 11 is 0. The van der Waals surface area contributed by atoms with Crippen LogP contribution in [0.5, 0.6) is 0 Å². The van der Waals surface area contributed by atoms with Gasteiger partial charge >= 0.3 is 6.03 Å². The maximum absolute atomic E-state index is 14.2. The first-order valence-electron chi connectivity index (χ1n) is 16.3. The van der Waals surface area contributed by atoms with Crippen molar-refractivity contribution < 1.29 is 24.3 Å². The van der Waals surface area contributed by atoms with Crippen LogP contribution in [0.1, 0.15) is 74.0 Å². The summed E-state index contributed by atoms with van der Waals surface area (Å²) in [5.41, 5.74) is 1.72. The van der Waals surface area contributed by atoms with Gasteiger partial charge in [0.2, 0.25) is 11.8 Å². The predicted octanol–water partition coefficient (Wildman–Crippen LogP) is 2.22. The molecule has 45 heavy (non-hydrogen) atoms. The first-order valence-corrected chi connectivity index (χ1v) is 16.3. The van der Waals surface area contributed by atoms with Gasteiger partial charge in [-0.25, -0.2) is 4.79 Å². The molecule has 0 spiro atoms. The van der Waals surface area contributed by atoms with Gasteiger partial charge < -0.3 is 30.9 Å². The third-order valence-electron chi connectivity index (χ3n) is 10.3. The van der Waals surface area contributed by atoms with Crippen molar-refractivity contribution in [2.24, 2.45) is 18.9 Å². The van der Waals surface area contributed by atoms with Crippen molar-refractivity contribution >= 4 is 29.4 Å². The van der Waals surface area contributed by atoms with E-state index < -0.39 is 17.7 Å². The van der Waals surface area contributed by atoms with Crippen molar-refractivity contribution in [1.82, 2.24) is 30.2 Å². The molecule has 2 saturated heterocycles. The molecular weight excluding hydrogens is 574 g/mol. The van der Waals surface area contributed by atoms with E-state index in [9.17, 15) is 24.3 Å². The highest BCUT2D eigenvalue weighted by Gasteiger charge is 2.55. The number of likely N-dealkylation sites (tertiary alicyclic amines) is 1. The van der Waals surface area contributed by atoms with Crippen molar-refractivity contribution in [3.63, 3.8) is 0 Å². The second-order valence-corrected chi connectivity index (χ2v) is 13.7. The number of nitrogens with one attached hydrogen (secondary N) is 3. The van der Waals surface area contributed by atoms with Gasteiger partial charge in [-0.3, -0.25) is 19.1 Å². The number of anilines is 1. The number of rotatable bonds is 8. The zero-order valence-corrected chi connectivity index (χ0v) is 26.4. The molecule has 3 fully saturated rings. The largest absolute Gasteiger partial charge is 0.391 e. The van der Waals surface area contributed by atoms with Crippen LogP contribution in [-0.2, 0) is 29.5 Å². The van der Waals surface area contributed by atoms with Crippen LogP contribution >= 0.6 is 0 Å². The smallest absolute Gasteiger partial charge is 0.318 e. The van der Waals surface area contributed by atoms with Crippen molar-refractivity contribution in [1.29, 1.82) is 0 Å². The van der Waals surface area contributed by atoms with Gasteiger partial charge in [0, 0.05) is 51.4 Å². The standard InChI is InChI=1S/C33H45N7O5/c1-20(2)26-19-40(32(45)36-26)33(31(44)39-14-12-25(41)18-39)16-22-9-10-24(15-23(22)17-33)35-30(43)28(21-7-5-4-6-8-21)37-29(42)27-11-13-34-38(27)3/h9-11,13,15,20-21,25-26,28,41H,4-8,12,14,16-19H2,1-3H3,(H,35,43)(H,36,45)(H,37,42)/t25?,26-,28-,33?/m0/s1. The number of aliphatic hydroxyl groups is 1. The molecule has 3 heterocycles. The van der Waals surface area contributed by atoms with Crippen molar-refractivity contribution in [2.45, 2.75) is 88.9 Å². The minimum atomic E-state index is -1.11. The molecule has 1 saturated carbocycles. The molecule has 2 aromatic rings. The Morgan fingerprint density at radius 3 is 2.44 bits per heavy atom. The third kappa shape index (κ3) is 6.04. The Bertz CT molecular complexity index is 1470. The lowest BCUT2D eigenvalue weighted by Gasteiger charge is -2.39. The van der Waals surface area contributed by atoms with Gasteiger partial charge in [-0.1, -0.05) is 39.2 Å². The zero-order chi connectivity index (χ0) is 31.9. The number of fused-ring (bicyclic) bond motifs is 1. The number of hydrogen-bond acceptors (Lipinski definition) is 6. The van der Waals surface area contributed by atoms with Crippen LogP contribution in [0, 0.1) is 11.8 Å². The lowest BCUT2D eigenvalue weighted by atomic mass is 9.83. The normalized spacial score (nSPS) is 25.8. The first-order chi connectivity index (χ1) is 21.6. The predicted molar refractivity (Wildman–Crippen MR) is 167 cm³/mol. The van der Waals surface area contributed by atoms with Gasteiger partial charge in [-0.2, -0.15) is 5.10 Å². The number of β-amino-alcohol motifs (C(OH)–C–C–N with tert-alkyl or cyclic N) is 1. The van der Waals surface area contributed by atoms with Gasteiger partial charge in [0.05, 0.1) is 12.1 Å². The molecule has 4 atom stereocenters. The van der Waals surface area contributed by atoms with Crippen LogP contribution in [0.2, 0.25) is 0 Å². The summed E-state index contributed by atoms with van der Waals surface area (Å²) < 4.78 is 1.49. The van der Waals surface area contributed by atoms with Crippen LogP contribution in [0.4, 0.5) is 10.5 Å². The highest BCUT2D eigenvalue weighted by atomic mass is 16.3. The molecule has 2 aliphatic carbocycles. The number of carbonyl (C=O) groups excluding carboxylic acids is 4. The van der Waals surface area contributed by atoms with Gasteiger partial charge in [0.25, 0.3) is 5.91 Å². The van der Waals surface area contributed by atoms with E-state index in [1.807, 2.05) is 18.2 Å². The molecule has 4 aliphatic rings. The molecule has 0 bridgehead atoms. The molecule has 4 N–H and O–H groups in total. The molecule has 2 aliphatic heterocycles. The van der Waals surface area contributed by atoms with Crippen LogP contribution in [-0.4, -0.2) is 91.8 Å². The first kappa shape index (κ1) is 31.1. The topological polar surface area (TPSA) is 149 Å². The molecule has 5 amide bonds. The van der Waals surface area contributed by atoms with E-state index in [4.69, 9.17) is 0 Å². The number of urea groups is 1. The third-order valence-corrected chi connectivity index (χ3v) is 10.3. The Balaban J connectivity index is 1.24. The van der Waals surface area contributed by atoms with E-state index >= 15 is 0 Å². The van der Waals surface area contributed by atoms with Crippen LogP contribution in [0.15, 0.2) is 30.5 Å². The second-order valence-electron chi connectivity index (χ2n) is 13.7. The Labute approximate surface area is 263 Å². The lowest BCUT2D eigenvalue weighted by Crippen LogP contribution is -2.61. The molecule has 242 valence electrons. The molecule has 12 nitrogen and oxygen atoms in total. The molecule has 2 unspecified atom stereocenters. The van der Waals surface area contributed by atoms with Gasteiger partial charge in [0.1, 0.15) is 17.3 Å². The van der Waals surface area contributed by atoms with E-state index in [2.05, 4.69) is 34.9 Å². The number of aliphatic hydroxyl groups excluding tert-OH is 1. The molecule has 1 aromatic heterocycles. The fourth-order valence-electron chi connectivity index (χ4n) is 7.62. The number of aromatic nitrogens is 2.